The maximum atomic E-state index is 11.6. The van der Waals surface area contributed by atoms with Gasteiger partial charge in [-0.15, -0.1) is 0 Å². The van der Waals surface area contributed by atoms with Crippen LogP contribution in [0.2, 0.25) is 0 Å². The van der Waals surface area contributed by atoms with Crippen molar-refractivity contribution in [3.8, 4) is 0 Å². The molecule has 0 heterocycles. The van der Waals surface area contributed by atoms with Crippen LogP contribution in [0.1, 0.15) is 33.1 Å². The molecule has 0 spiro atoms. The monoisotopic (exact) mass is 316 g/mol. The third-order valence-electron chi connectivity index (χ3n) is 2.75. The Bertz CT molecular complexity index is 299. The molecule has 0 aliphatic carbocycles. The van der Waals surface area contributed by atoms with E-state index < -0.39 is 0 Å². The summed E-state index contributed by atoms with van der Waals surface area (Å²) in [7, 11) is 1.60. The normalized spacial score (nSPS) is 11.3. The van der Waals surface area contributed by atoms with E-state index in [0.29, 0.717) is 19.1 Å². The Labute approximate surface area is 134 Å². The van der Waals surface area contributed by atoms with Gasteiger partial charge in [-0.1, -0.05) is 13.3 Å². The highest BCUT2D eigenvalue weighted by atomic mass is 16.5. The number of nitrogens with one attached hydrogen (secondary N) is 3. The van der Waals surface area contributed by atoms with E-state index in [1.165, 1.54) is 0 Å². The second kappa shape index (κ2) is 16.0. The Morgan fingerprint density at radius 3 is 2.45 bits per heavy atom. The summed E-state index contributed by atoms with van der Waals surface area (Å²) in [6.45, 7) is 8.34. The summed E-state index contributed by atoms with van der Waals surface area (Å²) >= 11 is 0. The van der Waals surface area contributed by atoms with Gasteiger partial charge in [-0.2, -0.15) is 0 Å². The number of ether oxygens (including phenoxy) is 2. The van der Waals surface area contributed by atoms with Crippen molar-refractivity contribution >= 4 is 11.9 Å². The molecule has 0 aliphatic rings. The van der Waals surface area contributed by atoms with Gasteiger partial charge < -0.3 is 25.4 Å². The van der Waals surface area contributed by atoms with Crippen molar-refractivity contribution < 1.29 is 14.3 Å². The van der Waals surface area contributed by atoms with Gasteiger partial charge in [0.15, 0.2) is 5.96 Å². The van der Waals surface area contributed by atoms with Crippen molar-refractivity contribution in [2.75, 3.05) is 53.1 Å². The molecule has 0 radical (unpaired) electrons. The highest BCUT2D eigenvalue weighted by molar-refractivity contribution is 5.84. The van der Waals surface area contributed by atoms with E-state index in [2.05, 4.69) is 27.9 Å². The van der Waals surface area contributed by atoms with Crippen molar-refractivity contribution in [2.24, 2.45) is 4.99 Å². The molecule has 0 rings (SSSR count). The van der Waals surface area contributed by atoms with Crippen LogP contribution in [0.3, 0.4) is 0 Å². The summed E-state index contributed by atoms with van der Waals surface area (Å²) in [5.74, 6) is 0.537. The van der Waals surface area contributed by atoms with Crippen molar-refractivity contribution in [1.82, 2.24) is 16.0 Å². The van der Waals surface area contributed by atoms with Crippen LogP contribution in [0.25, 0.3) is 0 Å². The van der Waals surface area contributed by atoms with E-state index >= 15 is 0 Å². The largest absolute Gasteiger partial charge is 0.383 e. The fourth-order valence-corrected chi connectivity index (χ4v) is 1.57. The van der Waals surface area contributed by atoms with Gasteiger partial charge in [0.1, 0.15) is 6.54 Å². The predicted molar refractivity (Wildman–Crippen MR) is 89.2 cm³/mol. The minimum absolute atomic E-state index is 0.103. The van der Waals surface area contributed by atoms with Crippen molar-refractivity contribution in [3.05, 3.63) is 0 Å². The van der Waals surface area contributed by atoms with Gasteiger partial charge in [0.2, 0.25) is 5.91 Å². The number of guanidine groups is 1. The van der Waals surface area contributed by atoms with Gasteiger partial charge in [0.25, 0.3) is 0 Å². The first-order valence-electron chi connectivity index (χ1n) is 8.10. The van der Waals surface area contributed by atoms with Gasteiger partial charge in [0.05, 0.1) is 6.61 Å². The lowest BCUT2D eigenvalue weighted by Crippen LogP contribution is -2.39. The average molecular weight is 316 g/mol. The molecule has 0 aromatic carbocycles. The SMILES string of the molecule is CCCCOCCCNC(=NCC(=O)NCCOC)NCC. The topological polar surface area (TPSA) is 84.0 Å². The molecule has 0 atom stereocenters. The zero-order valence-corrected chi connectivity index (χ0v) is 14.2. The van der Waals surface area contributed by atoms with E-state index in [0.717, 1.165) is 45.6 Å². The first-order chi connectivity index (χ1) is 10.7. The summed E-state index contributed by atoms with van der Waals surface area (Å²) < 4.78 is 10.4. The number of hydrogen-bond acceptors (Lipinski definition) is 4. The molecule has 0 aromatic rings. The maximum absolute atomic E-state index is 11.6. The predicted octanol–water partition coefficient (Wildman–Crippen LogP) is 0.511. The first kappa shape index (κ1) is 20.7. The lowest BCUT2D eigenvalue weighted by atomic mass is 10.4. The van der Waals surface area contributed by atoms with E-state index in [1.54, 1.807) is 7.11 Å². The number of rotatable bonds is 13. The quantitative estimate of drug-likeness (QED) is 0.262. The minimum atomic E-state index is -0.114. The van der Waals surface area contributed by atoms with E-state index in [9.17, 15) is 4.79 Å². The molecule has 0 unspecified atom stereocenters. The maximum Gasteiger partial charge on any atom is 0.241 e. The van der Waals surface area contributed by atoms with Crippen LogP contribution in [-0.2, 0) is 14.3 Å². The molecule has 7 nitrogen and oxygen atoms in total. The second-order valence-electron chi connectivity index (χ2n) is 4.78. The van der Waals surface area contributed by atoms with E-state index in [1.807, 2.05) is 6.92 Å². The van der Waals surface area contributed by atoms with Crippen LogP contribution in [0, 0.1) is 0 Å². The van der Waals surface area contributed by atoms with Gasteiger partial charge >= 0.3 is 0 Å². The molecule has 0 bridgehead atoms. The molecule has 0 fully saturated rings. The van der Waals surface area contributed by atoms with Gasteiger partial charge in [-0.3, -0.25) is 4.79 Å². The number of methoxy groups -OCH3 is 1. The number of unbranched alkanes of at least 4 members (excludes halogenated alkanes) is 1. The zero-order valence-electron chi connectivity index (χ0n) is 14.2. The third-order valence-corrected chi connectivity index (χ3v) is 2.75. The number of amides is 1. The Morgan fingerprint density at radius 1 is 1.00 bits per heavy atom. The molecule has 0 saturated heterocycles. The number of aliphatic imine (C=N–C) groups is 1. The highest BCUT2D eigenvalue weighted by Crippen LogP contribution is 1.89. The fourth-order valence-electron chi connectivity index (χ4n) is 1.57. The van der Waals surface area contributed by atoms with E-state index in [-0.39, 0.29) is 12.5 Å². The number of nitrogens with zero attached hydrogens (tertiary/aromatic N) is 1. The van der Waals surface area contributed by atoms with Gasteiger partial charge in [-0.05, 0) is 19.8 Å². The molecule has 7 heteroatoms. The molecule has 3 N–H and O–H groups in total. The van der Waals surface area contributed by atoms with Crippen LogP contribution in [-0.4, -0.2) is 65.0 Å². The van der Waals surface area contributed by atoms with Crippen molar-refractivity contribution in [2.45, 2.75) is 33.1 Å². The third kappa shape index (κ3) is 13.6. The van der Waals surface area contributed by atoms with Crippen molar-refractivity contribution in [3.63, 3.8) is 0 Å². The number of carbonyl (C=O) groups is 1. The highest BCUT2D eigenvalue weighted by Gasteiger charge is 2.01. The molecule has 0 aliphatic heterocycles. The molecular formula is C15H32N4O3. The average Bonchev–Trinajstić information content (AvgIpc) is 2.52. The molecular weight excluding hydrogens is 284 g/mol. The number of carbonyl (C=O) groups excluding carboxylic acids is 1. The summed E-state index contributed by atoms with van der Waals surface area (Å²) in [5, 5.41) is 9.03. The van der Waals surface area contributed by atoms with Crippen LogP contribution in [0.4, 0.5) is 0 Å². The van der Waals surface area contributed by atoms with Crippen LogP contribution < -0.4 is 16.0 Å². The van der Waals surface area contributed by atoms with Crippen LogP contribution in [0.15, 0.2) is 4.99 Å². The lowest BCUT2D eigenvalue weighted by Gasteiger charge is -2.11. The number of hydrogen-bond donors (Lipinski definition) is 3. The summed E-state index contributed by atoms with van der Waals surface area (Å²) in [5.41, 5.74) is 0. The fraction of sp³-hybridized carbons (Fsp3) is 0.867. The van der Waals surface area contributed by atoms with Crippen LogP contribution in [0.5, 0.6) is 0 Å². The lowest BCUT2D eigenvalue weighted by molar-refractivity contribution is -0.119. The smallest absolute Gasteiger partial charge is 0.241 e. The Hall–Kier alpha value is -1.34. The summed E-state index contributed by atoms with van der Waals surface area (Å²) in [6, 6.07) is 0. The van der Waals surface area contributed by atoms with Gasteiger partial charge in [-0.25, -0.2) is 4.99 Å². The Balaban J connectivity index is 3.83. The Kier molecular flexibility index (Phi) is 15.1. The van der Waals surface area contributed by atoms with E-state index in [4.69, 9.17) is 9.47 Å². The molecule has 130 valence electrons. The second-order valence-corrected chi connectivity index (χ2v) is 4.78. The molecule has 0 aromatic heterocycles. The molecule has 0 saturated carbocycles. The van der Waals surface area contributed by atoms with Crippen molar-refractivity contribution in [1.29, 1.82) is 0 Å². The Morgan fingerprint density at radius 2 is 1.77 bits per heavy atom. The first-order valence-corrected chi connectivity index (χ1v) is 8.10. The summed E-state index contributed by atoms with van der Waals surface area (Å²) in [6.07, 6.45) is 3.17. The summed E-state index contributed by atoms with van der Waals surface area (Å²) in [4.78, 5) is 15.8. The standard InChI is InChI=1S/C15H32N4O3/c1-4-6-10-22-11-7-8-18-15(16-5-2)19-13-14(20)17-9-12-21-3/h4-13H2,1-3H3,(H,17,20)(H2,16,18,19). The molecule has 22 heavy (non-hydrogen) atoms. The van der Waals surface area contributed by atoms with Gasteiger partial charge in [0, 0.05) is 40.0 Å². The van der Waals surface area contributed by atoms with Crippen LogP contribution >= 0.6 is 0 Å². The minimum Gasteiger partial charge on any atom is -0.383 e. The molecule has 1 amide bonds. The zero-order chi connectivity index (χ0) is 16.5.